The van der Waals surface area contributed by atoms with Crippen molar-refractivity contribution < 1.29 is 18.8 Å². The highest BCUT2D eigenvalue weighted by Crippen LogP contribution is 2.28. The molecule has 0 spiro atoms. The summed E-state index contributed by atoms with van der Waals surface area (Å²) in [6.07, 6.45) is 0. The quantitative estimate of drug-likeness (QED) is 0.296. The third-order valence-electron chi connectivity index (χ3n) is 4.05. The Morgan fingerprint density at radius 1 is 1.21 bits per heavy atom. The van der Waals surface area contributed by atoms with Crippen molar-refractivity contribution in [1.82, 2.24) is 20.5 Å². The van der Waals surface area contributed by atoms with Gasteiger partial charge in [-0.05, 0) is 35.4 Å². The molecule has 0 saturated carbocycles. The minimum Gasteiger partial charge on any atom is -0.424 e. The molecule has 0 atom stereocenters. The number of nitrogens with zero attached hydrogens (tertiary/aromatic N) is 4. The van der Waals surface area contributed by atoms with E-state index in [4.69, 9.17) is 4.42 Å². The second-order valence-corrected chi connectivity index (χ2v) is 7.09. The highest BCUT2D eigenvalue weighted by molar-refractivity contribution is 7.21. The Morgan fingerprint density at radius 3 is 2.66 bits per heavy atom. The standard InChI is InChI=1S/C19H14FN5O3S/c1-10-23-24-16(28-10)9-21-18(26)17(25-27)19-22-14-7-4-12(8-15(14)29-19)11-2-5-13(20)6-3-11/h2-8,27H,9H2,1H3,(H,21,26). The average Bonchev–Trinajstić information content (AvgIpc) is 3.32. The maximum Gasteiger partial charge on any atom is 0.276 e. The summed E-state index contributed by atoms with van der Waals surface area (Å²) in [4.78, 5) is 16.8. The van der Waals surface area contributed by atoms with Crippen molar-refractivity contribution in [2.75, 3.05) is 0 Å². The molecule has 0 radical (unpaired) electrons. The lowest BCUT2D eigenvalue weighted by atomic mass is 10.1. The number of halogens is 1. The minimum absolute atomic E-state index is 0.00168. The number of oxime groups is 1. The van der Waals surface area contributed by atoms with Crippen molar-refractivity contribution in [3.05, 3.63) is 65.1 Å². The summed E-state index contributed by atoms with van der Waals surface area (Å²) in [7, 11) is 0. The molecule has 2 aromatic carbocycles. The van der Waals surface area contributed by atoms with Crippen LogP contribution in [-0.2, 0) is 11.3 Å². The Labute approximate surface area is 167 Å². The Kier molecular flexibility index (Phi) is 5.00. The Balaban J connectivity index is 1.57. The van der Waals surface area contributed by atoms with E-state index in [0.29, 0.717) is 11.4 Å². The number of rotatable bonds is 5. The molecule has 8 nitrogen and oxygen atoms in total. The van der Waals surface area contributed by atoms with Gasteiger partial charge in [-0.3, -0.25) is 4.79 Å². The molecule has 0 aliphatic rings. The molecule has 4 rings (SSSR count). The van der Waals surface area contributed by atoms with E-state index in [2.05, 4.69) is 25.7 Å². The van der Waals surface area contributed by atoms with Crippen LogP contribution in [0.3, 0.4) is 0 Å². The Bertz CT molecular complexity index is 1220. The van der Waals surface area contributed by atoms with Crippen molar-refractivity contribution in [3.8, 4) is 11.1 Å². The van der Waals surface area contributed by atoms with Crippen LogP contribution < -0.4 is 5.32 Å². The van der Waals surface area contributed by atoms with Gasteiger partial charge in [-0.15, -0.1) is 21.5 Å². The molecule has 0 saturated heterocycles. The van der Waals surface area contributed by atoms with Gasteiger partial charge in [0.1, 0.15) is 5.82 Å². The van der Waals surface area contributed by atoms with Gasteiger partial charge in [0.2, 0.25) is 17.5 Å². The maximum absolute atomic E-state index is 13.1. The van der Waals surface area contributed by atoms with E-state index in [0.717, 1.165) is 15.8 Å². The fraction of sp³-hybridized carbons (Fsp3) is 0.105. The number of fused-ring (bicyclic) bond motifs is 1. The fourth-order valence-corrected chi connectivity index (χ4v) is 3.67. The molecule has 2 aromatic heterocycles. The molecular weight excluding hydrogens is 397 g/mol. The topological polar surface area (TPSA) is 114 Å². The summed E-state index contributed by atoms with van der Waals surface area (Å²) in [6.45, 7) is 1.64. The zero-order valence-corrected chi connectivity index (χ0v) is 15.9. The highest BCUT2D eigenvalue weighted by atomic mass is 32.1. The molecule has 0 fully saturated rings. The van der Waals surface area contributed by atoms with E-state index < -0.39 is 5.91 Å². The van der Waals surface area contributed by atoms with Crippen LogP contribution in [0.5, 0.6) is 0 Å². The fourth-order valence-electron chi connectivity index (χ4n) is 2.68. The molecule has 29 heavy (non-hydrogen) atoms. The first-order valence-corrected chi connectivity index (χ1v) is 9.31. The van der Waals surface area contributed by atoms with Gasteiger partial charge in [0, 0.05) is 6.92 Å². The third-order valence-corrected chi connectivity index (χ3v) is 5.08. The first kappa shape index (κ1) is 18.7. The monoisotopic (exact) mass is 411 g/mol. The number of nitrogens with one attached hydrogen (secondary N) is 1. The third kappa shape index (κ3) is 3.97. The van der Waals surface area contributed by atoms with Gasteiger partial charge in [-0.25, -0.2) is 9.37 Å². The first-order valence-electron chi connectivity index (χ1n) is 8.49. The molecule has 0 bridgehead atoms. The second-order valence-electron chi connectivity index (χ2n) is 6.05. The number of benzene rings is 2. The van der Waals surface area contributed by atoms with Crippen molar-refractivity contribution in [3.63, 3.8) is 0 Å². The molecular formula is C19H14FN5O3S. The summed E-state index contributed by atoms with van der Waals surface area (Å²) in [5.41, 5.74) is 2.17. The van der Waals surface area contributed by atoms with E-state index in [1.165, 1.54) is 23.5 Å². The van der Waals surface area contributed by atoms with Gasteiger partial charge >= 0.3 is 0 Å². The summed E-state index contributed by atoms with van der Waals surface area (Å²) in [5, 5.41) is 22.7. The number of carbonyl (C=O) groups is 1. The number of amides is 1. The molecule has 2 heterocycles. The number of aromatic nitrogens is 3. The first-order chi connectivity index (χ1) is 14.0. The minimum atomic E-state index is -0.624. The number of carbonyl (C=O) groups excluding carboxylic acids is 1. The lowest BCUT2D eigenvalue weighted by molar-refractivity contribution is -0.115. The summed E-state index contributed by atoms with van der Waals surface area (Å²) in [6, 6.07) is 11.7. The largest absolute Gasteiger partial charge is 0.424 e. The van der Waals surface area contributed by atoms with Gasteiger partial charge in [-0.1, -0.05) is 23.4 Å². The zero-order valence-electron chi connectivity index (χ0n) is 15.1. The van der Waals surface area contributed by atoms with Crippen LogP contribution in [0, 0.1) is 12.7 Å². The number of thiazole rings is 1. The van der Waals surface area contributed by atoms with Gasteiger partial charge in [0.05, 0.1) is 16.8 Å². The van der Waals surface area contributed by atoms with Crippen molar-refractivity contribution >= 4 is 33.2 Å². The van der Waals surface area contributed by atoms with Gasteiger partial charge < -0.3 is 14.9 Å². The molecule has 2 N–H and O–H groups in total. The number of aryl methyl sites for hydroxylation is 1. The predicted molar refractivity (Wildman–Crippen MR) is 104 cm³/mol. The maximum atomic E-state index is 13.1. The second kappa shape index (κ2) is 7.76. The molecule has 0 aliphatic heterocycles. The highest BCUT2D eigenvalue weighted by Gasteiger charge is 2.20. The molecule has 4 aromatic rings. The smallest absolute Gasteiger partial charge is 0.276 e. The van der Waals surface area contributed by atoms with Crippen LogP contribution in [0.1, 0.15) is 16.8 Å². The van der Waals surface area contributed by atoms with Gasteiger partial charge in [-0.2, -0.15) is 0 Å². The Hall–Kier alpha value is -3.66. The van der Waals surface area contributed by atoms with E-state index in [1.54, 1.807) is 25.1 Å². The van der Waals surface area contributed by atoms with E-state index in [9.17, 15) is 14.4 Å². The van der Waals surface area contributed by atoms with Crippen molar-refractivity contribution in [2.24, 2.45) is 5.16 Å². The summed E-state index contributed by atoms with van der Waals surface area (Å²) < 4.78 is 19.1. The van der Waals surface area contributed by atoms with Crippen LogP contribution in [0.25, 0.3) is 21.3 Å². The van der Waals surface area contributed by atoms with Gasteiger partial charge in [0.25, 0.3) is 5.91 Å². The van der Waals surface area contributed by atoms with Crippen LogP contribution in [0.4, 0.5) is 4.39 Å². The van der Waals surface area contributed by atoms with Crippen LogP contribution in [0.15, 0.2) is 52.0 Å². The number of hydrogen-bond acceptors (Lipinski definition) is 8. The molecule has 146 valence electrons. The normalized spacial score (nSPS) is 11.7. The summed E-state index contributed by atoms with van der Waals surface area (Å²) in [5.74, 6) is -0.309. The summed E-state index contributed by atoms with van der Waals surface area (Å²) >= 11 is 1.21. The van der Waals surface area contributed by atoms with Crippen LogP contribution in [-0.4, -0.2) is 32.0 Å². The lowest BCUT2D eigenvalue weighted by Crippen LogP contribution is -2.31. The van der Waals surface area contributed by atoms with Crippen LogP contribution >= 0.6 is 11.3 Å². The van der Waals surface area contributed by atoms with Gasteiger partial charge in [0.15, 0.2) is 5.01 Å². The van der Waals surface area contributed by atoms with E-state index >= 15 is 0 Å². The molecule has 10 heteroatoms. The van der Waals surface area contributed by atoms with E-state index in [-0.39, 0.29) is 29.0 Å². The van der Waals surface area contributed by atoms with Crippen molar-refractivity contribution in [1.29, 1.82) is 0 Å². The SMILES string of the molecule is Cc1nnc(CNC(=O)C(=NO)c2nc3ccc(-c4ccc(F)cc4)cc3s2)o1. The number of hydrogen-bond donors (Lipinski definition) is 2. The average molecular weight is 411 g/mol. The lowest BCUT2D eigenvalue weighted by Gasteiger charge is -2.01. The Morgan fingerprint density at radius 2 is 1.97 bits per heavy atom. The van der Waals surface area contributed by atoms with E-state index in [1.807, 2.05) is 12.1 Å². The zero-order chi connectivity index (χ0) is 20.4. The van der Waals surface area contributed by atoms with Crippen LogP contribution in [0.2, 0.25) is 0 Å². The molecule has 1 amide bonds. The predicted octanol–water partition coefficient (Wildman–Crippen LogP) is 3.29. The molecule has 0 unspecified atom stereocenters. The van der Waals surface area contributed by atoms with Crippen molar-refractivity contribution in [2.45, 2.75) is 13.5 Å². The molecule has 0 aliphatic carbocycles.